The highest BCUT2D eigenvalue weighted by Gasteiger charge is 2.27. The lowest BCUT2D eigenvalue weighted by Crippen LogP contribution is -2.31. The maximum Gasteiger partial charge on any atom is 0.245 e. The Morgan fingerprint density at radius 2 is 2.28 bits per heavy atom. The van der Waals surface area contributed by atoms with Crippen LogP contribution in [0.15, 0.2) is 17.0 Å². The van der Waals surface area contributed by atoms with Crippen molar-refractivity contribution in [3.63, 3.8) is 0 Å². The number of benzene rings is 1. The molecule has 0 aromatic heterocycles. The van der Waals surface area contributed by atoms with Crippen molar-refractivity contribution in [3.05, 3.63) is 22.7 Å². The van der Waals surface area contributed by atoms with E-state index in [-0.39, 0.29) is 4.90 Å². The summed E-state index contributed by atoms with van der Waals surface area (Å²) in [5.74, 6) is 0.331. The van der Waals surface area contributed by atoms with Gasteiger partial charge in [0, 0.05) is 17.0 Å². The fourth-order valence-electron chi connectivity index (χ4n) is 1.76. The molecule has 7 heteroatoms. The van der Waals surface area contributed by atoms with Crippen molar-refractivity contribution in [2.75, 3.05) is 6.61 Å². The average molecular weight is 287 g/mol. The summed E-state index contributed by atoms with van der Waals surface area (Å²) in [5.41, 5.74) is 0.771. The Labute approximate surface area is 110 Å². The van der Waals surface area contributed by atoms with Gasteiger partial charge in [0.2, 0.25) is 10.0 Å². The SMILES string of the molecule is C[C@H](C#N)NS(=O)(=O)c1cc(Cl)cc2c1OCC2. The van der Waals surface area contributed by atoms with Crippen LogP contribution in [-0.2, 0) is 16.4 Å². The van der Waals surface area contributed by atoms with Crippen LogP contribution >= 0.6 is 11.6 Å². The highest BCUT2D eigenvalue weighted by Crippen LogP contribution is 2.35. The van der Waals surface area contributed by atoms with Crippen molar-refractivity contribution in [2.24, 2.45) is 0 Å². The van der Waals surface area contributed by atoms with Gasteiger partial charge in [-0.3, -0.25) is 0 Å². The molecule has 1 heterocycles. The summed E-state index contributed by atoms with van der Waals surface area (Å²) in [6.45, 7) is 1.90. The zero-order chi connectivity index (χ0) is 13.3. The van der Waals surface area contributed by atoms with E-state index in [1.807, 2.05) is 6.07 Å². The summed E-state index contributed by atoms with van der Waals surface area (Å²) >= 11 is 5.89. The quantitative estimate of drug-likeness (QED) is 0.912. The number of nitriles is 1. The molecule has 0 amide bonds. The average Bonchev–Trinajstić information content (AvgIpc) is 2.74. The molecule has 0 aliphatic carbocycles. The molecular weight excluding hydrogens is 276 g/mol. The number of rotatable bonds is 3. The number of hydrogen-bond donors (Lipinski definition) is 1. The number of ether oxygens (including phenoxy) is 1. The molecule has 0 radical (unpaired) electrons. The van der Waals surface area contributed by atoms with Gasteiger partial charge in [-0.1, -0.05) is 11.6 Å². The lowest BCUT2D eigenvalue weighted by Gasteiger charge is -2.11. The number of nitrogens with zero attached hydrogens (tertiary/aromatic N) is 1. The second kappa shape index (κ2) is 4.76. The summed E-state index contributed by atoms with van der Waals surface area (Å²) in [6, 6.07) is 4.02. The number of nitrogens with one attached hydrogen (secondary N) is 1. The Balaban J connectivity index is 2.49. The molecule has 5 nitrogen and oxygen atoms in total. The Kier molecular flexibility index (Phi) is 3.48. The lowest BCUT2D eigenvalue weighted by molar-refractivity contribution is 0.348. The van der Waals surface area contributed by atoms with Gasteiger partial charge in [-0.15, -0.1) is 0 Å². The van der Waals surface area contributed by atoms with Crippen molar-refractivity contribution < 1.29 is 13.2 Å². The van der Waals surface area contributed by atoms with Crippen LogP contribution in [0.1, 0.15) is 12.5 Å². The van der Waals surface area contributed by atoms with Crippen LogP contribution in [0.2, 0.25) is 5.02 Å². The van der Waals surface area contributed by atoms with Crippen LogP contribution in [0.4, 0.5) is 0 Å². The Hall–Kier alpha value is -1.29. The van der Waals surface area contributed by atoms with E-state index in [1.165, 1.54) is 13.0 Å². The molecule has 0 saturated carbocycles. The second-order valence-electron chi connectivity index (χ2n) is 3.96. The summed E-state index contributed by atoms with van der Waals surface area (Å²) in [5, 5.41) is 9.00. The van der Waals surface area contributed by atoms with E-state index in [0.717, 1.165) is 5.56 Å². The maximum absolute atomic E-state index is 12.1. The molecular formula is C11H11ClN2O3S. The Bertz CT molecular complexity index is 622. The molecule has 0 saturated heterocycles. The molecule has 96 valence electrons. The van der Waals surface area contributed by atoms with Gasteiger partial charge in [0.05, 0.1) is 12.7 Å². The molecule has 0 spiro atoms. The van der Waals surface area contributed by atoms with Crippen LogP contribution in [0.25, 0.3) is 0 Å². The second-order valence-corrected chi connectivity index (χ2v) is 6.08. The molecule has 0 bridgehead atoms. The predicted octanol–water partition coefficient (Wildman–Crippen LogP) is 1.47. The van der Waals surface area contributed by atoms with E-state index in [2.05, 4.69) is 4.72 Å². The first-order chi connectivity index (χ1) is 8.44. The largest absolute Gasteiger partial charge is 0.492 e. The first-order valence-electron chi connectivity index (χ1n) is 5.31. The van der Waals surface area contributed by atoms with E-state index in [0.29, 0.717) is 23.8 Å². The number of hydrogen-bond acceptors (Lipinski definition) is 4. The van der Waals surface area contributed by atoms with Crippen LogP contribution < -0.4 is 9.46 Å². The Morgan fingerprint density at radius 1 is 1.56 bits per heavy atom. The highest BCUT2D eigenvalue weighted by atomic mass is 35.5. The molecule has 1 N–H and O–H groups in total. The summed E-state index contributed by atoms with van der Waals surface area (Å²) in [4.78, 5) is -0.00963. The molecule has 0 fully saturated rings. The minimum atomic E-state index is -3.80. The first-order valence-corrected chi connectivity index (χ1v) is 7.17. The maximum atomic E-state index is 12.1. The fourth-order valence-corrected chi connectivity index (χ4v) is 3.42. The zero-order valence-electron chi connectivity index (χ0n) is 9.60. The summed E-state index contributed by atoms with van der Waals surface area (Å²) < 4.78 is 31.8. The van der Waals surface area contributed by atoms with Gasteiger partial charge >= 0.3 is 0 Å². The minimum Gasteiger partial charge on any atom is -0.492 e. The van der Waals surface area contributed by atoms with E-state index >= 15 is 0 Å². The van der Waals surface area contributed by atoms with Crippen LogP contribution in [0, 0.1) is 11.3 Å². The normalized spacial score (nSPS) is 15.6. The monoisotopic (exact) mass is 286 g/mol. The van der Waals surface area contributed by atoms with Gasteiger partial charge in [0.1, 0.15) is 16.7 Å². The highest BCUT2D eigenvalue weighted by molar-refractivity contribution is 7.89. The molecule has 18 heavy (non-hydrogen) atoms. The molecule has 1 aromatic carbocycles. The van der Waals surface area contributed by atoms with E-state index < -0.39 is 16.1 Å². The van der Waals surface area contributed by atoms with Gasteiger partial charge < -0.3 is 4.74 Å². The van der Waals surface area contributed by atoms with Crippen molar-refractivity contribution in [2.45, 2.75) is 24.3 Å². The molecule has 0 unspecified atom stereocenters. The van der Waals surface area contributed by atoms with Crippen molar-refractivity contribution >= 4 is 21.6 Å². The summed E-state index contributed by atoms with van der Waals surface area (Å²) in [6.07, 6.45) is 0.631. The van der Waals surface area contributed by atoms with E-state index in [4.69, 9.17) is 21.6 Å². The number of halogens is 1. The van der Waals surface area contributed by atoms with Gasteiger partial charge in [0.15, 0.2) is 0 Å². The third-order valence-electron chi connectivity index (χ3n) is 2.53. The smallest absolute Gasteiger partial charge is 0.245 e. The first kappa shape index (κ1) is 13.1. The number of sulfonamides is 1. The molecule has 1 aromatic rings. The van der Waals surface area contributed by atoms with Crippen LogP contribution in [0.3, 0.4) is 0 Å². The number of fused-ring (bicyclic) bond motifs is 1. The zero-order valence-corrected chi connectivity index (χ0v) is 11.2. The van der Waals surface area contributed by atoms with Crippen molar-refractivity contribution in [1.29, 1.82) is 5.26 Å². The fraction of sp³-hybridized carbons (Fsp3) is 0.364. The van der Waals surface area contributed by atoms with Gasteiger partial charge in [-0.2, -0.15) is 9.98 Å². The third-order valence-corrected chi connectivity index (χ3v) is 4.29. The topological polar surface area (TPSA) is 79.2 Å². The van der Waals surface area contributed by atoms with E-state index in [9.17, 15) is 8.42 Å². The van der Waals surface area contributed by atoms with Gasteiger partial charge in [-0.25, -0.2) is 8.42 Å². The molecule has 1 aliphatic heterocycles. The van der Waals surface area contributed by atoms with Gasteiger partial charge in [-0.05, 0) is 19.1 Å². The molecule has 1 aliphatic rings. The minimum absolute atomic E-state index is 0.00963. The third kappa shape index (κ3) is 2.43. The van der Waals surface area contributed by atoms with Crippen LogP contribution in [0.5, 0.6) is 5.75 Å². The van der Waals surface area contributed by atoms with Crippen molar-refractivity contribution in [3.8, 4) is 11.8 Å². The standard InChI is InChI=1S/C11H11ClN2O3S/c1-7(6-13)14-18(15,16)10-5-9(12)4-8-2-3-17-11(8)10/h4-5,7,14H,2-3H2,1H3/t7-/m1/s1. The van der Waals surface area contributed by atoms with Gasteiger partial charge in [0.25, 0.3) is 0 Å². The van der Waals surface area contributed by atoms with Crippen LogP contribution in [-0.4, -0.2) is 21.1 Å². The van der Waals surface area contributed by atoms with E-state index in [1.54, 1.807) is 6.07 Å². The molecule has 2 rings (SSSR count). The molecule has 1 atom stereocenters. The Morgan fingerprint density at radius 3 is 2.94 bits per heavy atom. The van der Waals surface area contributed by atoms with Crippen molar-refractivity contribution in [1.82, 2.24) is 4.72 Å². The predicted molar refractivity (Wildman–Crippen MR) is 66.0 cm³/mol. The lowest BCUT2D eigenvalue weighted by atomic mass is 10.2. The summed E-state index contributed by atoms with van der Waals surface area (Å²) in [7, 11) is -3.80.